The summed E-state index contributed by atoms with van der Waals surface area (Å²) < 4.78 is 1.08. The fourth-order valence-electron chi connectivity index (χ4n) is 2.23. The SMILES string of the molecule is CSc1nc(C)nc2c1sc1nc3ccccc3nc12. The number of fused-ring (bicyclic) bond motifs is 4. The van der Waals surface area contributed by atoms with Gasteiger partial charge in [-0.3, -0.25) is 0 Å². The highest BCUT2D eigenvalue weighted by Gasteiger charge is 2.15. The van der Waals surface area contributed by atoms with Gasteiger partial charge < -0.3 is 0 Å². The standard InChI is InChI=1S/C14H10N4S2/c1-7-15-10-11-13(20-12(10)14(16-7)19-2)18-9-6-4-3-5-8(9)17-11/h3-6H,1-2H3. The number of rotatable bonds is 1. The van der Waals surface area contributed by atoms with E-state index in [4.69, 9.17) is 9.97 Å². The lowest BCUT2D eigenvalue weighted by Crippen LogP contribution is -1.90. The van der Waals surface area contributed by atoms with E-state index in [1.165, 1.54) is 0 Å². The molecular formula is C14H10N4S2. The molecular weight excluding hydrogens is 288 g/mol. The minimum atomic E-state index is 0.775. The van der Waals surface area contributed by atoms with Crippen LogP contribution in [0, 0.1) is 6.92 Å². The Morgan fingerprint density at radius 1 is 0.950 bits per heavy atom. The molecule has 0 aliphatic heterocycles. The van der Waals surface area contributed by atoms with Crippen LogP contribution in [-0.2, 0) is 0 Å². The van der Waals surface area contributed by atoms with Gasteiger partial charge in [0.2, 0.25) is 0 Å². The molecule has 0 unspecified atom stereocenters. The molecule has 0 atom stereocenters. The predicted molar refractivity (Wildman–Crippen MR) is 84.5 cm³/mol. The van der Waals surface area contributed by atoms with Crippen molar-refractivity contribution in [2.24, 2.45) is 0 Å². The highest BCUT2D eigenvalue weighted by molar-refractivity contribution is 7.98. The van der Waals surface area contributed by atoms with Crippen molar-refractivity contribution < 1.29 is 0 Å². The van der Waals surface area contributed by atoms with Crippen LogP contribution in [-0.4, -0.2) is 26.2 Å². The van der Waals surface area contributed by atoms with Crippen LogP contribution >= 0.6 is 23.1 Å². The number of aromatic nitrogens is 4. The molecule has 6 heteroatoms. The average molecular weight is 298 g/mol. The average Bonchev–Trinajstić information content (AvgIpc) is 2.81. The molecule has 4 aromatic rings. The third-order valence-corrected chi connectivity index (χ3v) is 4.98. The Morgan fingerprint density at radius 3 is 2.45 bits per heavy atom. The van der Waals surface area contributed by atoms with E-state index in [1.807, 2.05) is 37.4 Å². The number of thioether (sulfide) groups is 1. The summed E-state index contributed by atoms with van der Waals surface area (Å²) in [5.41, 5.74) is 3.62. The highest BCUT2D eigenvalue weighted by Crippen LogP contribution is 2.35. The zero-order chi connectivity index (χ0) is 13.7. The molecule has 20 heavy (non-hydrogen) atoms. The normalized spacial score (nSPS) is 11.7. The molecule has 0 spiro atoms. The Morgan fingerprint density at radius 2 is 1.70 bits per heavy atom. The zero-order valence-corrected chi connectivity index (χ0v) is 12.5. The lowest BCUT2D eigenvalue weighted by Gasteiger charge is -1.99. The van der Waals surface area contributed by atoms with E-state index >= 15 is 0 Å². The van der Waals surface area contributed by atoms with Gasteiger partial charge in [0, 0.05) is 0 Å². The summed E-state index contributed by atoms with van der Waals surface area (Å²) in [4.78, 5) is 19.4. The van der Waals surface area contributed by atoms with Gasteiger partial charge in [-0.15, -0.1) is 23.1 Å². The Hall–Kier alpha value is -1.79. The Bertz CT molecular complexity index is 962. The fraction of sp³-hybridized carbons (Fsp3) is 0.143. The first-order valence-corrected chi connectivity index (χ1v) is 8.18. The maximum atomic E-state index is 4.73. The fourth-order valence-corrected chi connectivity index (χ4v) is 4.06. The maximum absolute atomic E-state index is 4.73. The van der Waals surface area contributed by atoms with Crippen molar-refractivity contribution in [3.05, 3.63) is 30.1 Å². The molecule has 4 nitrogen and oxygen atoms in total. The van der Waals surface area contributed by atoms with E-state index in [0.717, 1.165) is 42.4 Å². The van der Waals surface area contributed by atoms with Crippen LogP contribution < -0.4 is 0 Å². The molecule has 0 saturated carbocycles. The molecule has 0 fully saturated rings. The number of thiophene rings is 1. The van der Waals surface area contributed by atoms with Crippen molar-refractivity contribution in [1.82, 2.24) is 19.9 Å². The summed E-state index contributed by atoms with van der Waals surface area (Å²) in [6.07, 6.45) is 2.03. The van der Waals surface area contributed by atoms with Crippen molar-refractivity contribution in [3.63, 3.8) is 0 Å². The van der Waals surface area contributed by atoms with Crippen LogP contribution in [0.25, 0.3) is 31.6 Å². The summed E-state index contributed by atoms with van der Waals surface area (Å²) in [7, 11) is 0. The Labute approximate surface area is 123 Å². The molecule has 0 amide bonds. The molecule has 1 aromatic carbocycles. The third kappa shape index (κ3) is 1.68. The second-order valence-corrected chi connectivity index (χ2v) is 6.22. The first kappa shape index (κ1) is 12.0. The monoisotopic (exact) mass is 298 g/mol. The molecule has 0 aliphatic rings. The van der Waals surface area contributed by atoms with Gasteiger partial charge in [-0.05, 0) is 25.3 Å². The van der Waals surface area contributed by atoms with Crippen LogP contribution in [0.15, 0.2) is 29.3 Å². The highest BCUT2D eigenvalue weighted by atomic mass is 32.2. The molecule has 3 heterocycles. The van der Waals surface area contributed by atoms with Gasteiger partial charge in [0.25, 0.3) is 0 Å². The summed E-state index contributed by atoms with van der Waals surface area (Å²) >= 11 is 3.25. The van der Waals surface area contributed by atoms with E-state index < -0.39 is 0 Å². The molecule has 0 radical (unpaired) electrons. The number of aryl methyl sites for hydroxylation is 1. The molecule has 0 bridgehead atoms. The van der Waals surface area contributed by atoms with Crippen molar-refractivity contribution in [2.45, 2.75) is 11.9 Å². The van der Waals surface area contributed by atoms with Crippen LogP contribution in [0.4, 0.5) is 0 Å². The molecule has 3 aromatic heterocycles. The zero-order valence-electron chi connectivity index (χ0n) is 10.9. The summed E-state index contributed by atoms with van der Waals surface area (Å²) in [5, 5.41) is 1.00. The van der Waals surface area contributed by atoms with E-state index in [2.05, 4.69) is 9.97 Å². The van der Waals surface area contributed by atoms with Gasteiger partial charge in [-0.1, -0.05) is 12.1 Å². The van der Waals surface area contributed by atoms with Crippen LogP contribution in [0.1, 0.15) is 5.82 Å². The minimum absolute atomic E-state index is 0.775. The number of nitrogens with zero attached hydrogens (tertiary/aromatic N) is 4. The number of hydrogen-bond donors (Lipinski definition) is 0. The molecule has 0 saturated heterocycles. The number of para-hydroxylation sites is 2. The van der Waals surface area contributed by atoms with E-state index in [-0.39, 0.29) is 0 Å². The van der Waals surface area contributed by atoms with Gasteiger partial charge in [-0.25, -0.2) is 19.9 Å². The summed E-state index contributed by atoms with van der Waals surface area (Å²) in [6.45, 7) is 1.91. The van der Waals surface area contributed by atoms with E-state index in [9.17, 15) is 0 Å². The van der Waals surface area contributed by atoms with Crippen LogP contribution in [0.5, 0.6) is 0 Å². The second-order valence-electron chi connectivity index (χ2n) is 4.43. The number of hydrogen-bond acceptors (Lipinski definition) is 6. The van der Waals surface area contributed by atoms with Crippen LogP contribution in [0.3, 0.4) is 0 Å². The lowest BCUT2D eigenvalue weighted by molar-refractivity contribution is 1.02. The lowest BCUT2D eigenvalue weighted by atomic mass is 10.3. The predicted octanol–water partition coefficient (Wildman–Crippen LogP) is 3.82. The van der Waals surface area contributed by atoms with Gasteiger partial charge in [0.1, 0.15) is 26.7 Å². The topological polar surface area (TPSA) is 51.6 Å². The van der Waals surface area contributed by atoms with Crippen molar-refractivity contribution in [1.29, 1.82) is 0 Å². The van der Waals surface area contributed by atoms with Gasteiger partial charge in [0.05, 0.1) is 15.7 Å². The molecule has 0 aliphatic carbocycles. The Kier molecular flexibility index (Phi) is 2.61. The van der Waals surface area contributed by atoms with Crippen LogP contribution in [0.2, 0.25) is 0 Å². The van der Waals surface area contributed by atoms with E-state index in [0.29, 0.717) is 0 Å². The van der Waals surface area contributed by atoms with Crippen molar-refractivity contribution in [3.8, 4) is 0 Å². The summed E-state index contributed by atoms with van der Waals surface area (Å²) in [5.74, 6) is 0.775. The summed E-state index contributed by atoms with van der Waals surface area (Å²) in [6, 6.07) is 7.92. The first-order chi connectivity index (χ1) is 9.76. The molecule has 98 valence electrons. The third-order valence-electron chi connectivity index (χ3n) is 3.10. The number of benzene rings is 1. The second kappa shape index (κ2) is 4.36. The maximum Gasteiger partial charge on any atom is 0.145 e. The minimum Gasteiger partial charge on any atom is -0.241 e. The molecule has 0 N–H and O–H groups in total. The van der Waals surface area contributed by atoms with Gasteiger partial charge >= 0.3 is 0 Å². The van der Waals surface area contributed by atoms with E-state index in [1.54, 1.807) is 23.1 Å². The Balaban J connectivity index is 2.22. The smallest absolute Gasteiger partial charge is 0.145 e. The van der Waals surface area contributed by atoms with Gasteiger partial charge in [0.15, 0.2) is 0 Å². The first-order valence-electron chi connectivity index (χ1n) is 6.14. The molecule has 4 rings (SSSR count). The quantitative estimate of drug-likeness (QED) is 0.395. The van der Waals surface area contributed by atoms with Crippen molar-refractivity contribution in [2.75, 3.05) is 6.26 Å². The van der Waals surface area contributed by atoms with Crippen molar-refractivity contribution >= 4 is 54.7 Å². The van der Waals surface area contributed by atoms with Gasteiger partial charge in [-0.2, -0.15) is 0 Å². The largest absolute Gasteiger partial charge is 0.241 e.